The molecule has 0 aliphatic heterocycles. The summed E-state index contributed by atoms with van der Waals surface area (Å²) in [6, 6.07) is 6.69. The second kappa shape index (κ2) is 5.58. The van der Waals surface area contributed by atoms with E-state index in [-0.39, 0.29) is 0 Å². The summed E-state index contributed by atoms with van der Waals surface area (Å²) in [7, 11) is 0. The van der Waals surface area contributed by atoms with Gasteiger partial charge in [0.05, 0.1) is 5.69 Å². The van der Waals surface area contributed by atoms with Crippen LogP contribution in [-0.4, -0.2) is 16.1 Å². The zero-order chi connectivity index (χ0) is 14.1. The Morgan fingerprint density at radius 3 is 2.95 bits per heavy atom. The molecule has 0 saturated heterocycles. The highest BCUT2D eigenvalue weighted by molar-refractivity contribution is 8.00. The number of thioether (sulfide) groups is 1. The third-order valence-corrected chi connectivity index (χ3v) is 5.86. The van der Waals surface area contributed by atoms with Crippen molar-refractivity contribution in [1.82, 2.24) is 4.98 Å². The number of carboxylic acids is 1. The molecule has 0 bridgehead atoms. The van der Waals surface area contributed by atoms with E-state index < -0.39 is 5.97 Å². The molecular weight excluding hydrogens is 290 g/mol. The van der Waals surface area contributed by atoms with Crippen molar-refractivity contribution >= 4 is 29.1 Å². The molecule has 5 heteroatoms. The maximum Gasteiger partial charge on any atom is 0.347 e. The van der Waals surface area contributed by atoms with Crippen LogP contribution in [-0.2, 0) is 18.6 Å². The highest BCUT2D eigenvalue weighted by Crippen LogP contribution is 2.31. The van der Waals surface area contributed by atoms with E-state index in [0.29, 0.717) is 10.6 Å². The van der Waals surface area contributed by atoms with Gasteiger partial charge in [0.25, 0.3) is 0 Å². The number of aromatic nitrogens is 1. The molecule has 0 radical (unpaired) electrons. The summed E-state index contributed by atoms with van der Waals surface area (Å²) in [6.07, 6.45) is 3.66. The Bertz CT molecular complexity index is 664. The number of aryl methyl sites for hydroxylation is 3. The van der Waals surface area contributed by atoms with E-state index in [4.69, 9.17) is 5.11 Å². The first-order chi connectivity index (χ1) is 9.63. The monoisotopic (exact) mass is 305 g/mol. The lowest BCUT2D eigenvalue weighted by Crippen LogP contribution is -1.94. The van der Waals surface area contributed by atoms with Gasteiger partial charge in [-0.15, -0.1) is 11.3 Å². The first-order valence-corrected chi connectivity index (χ1v) is 8.38. The van der Waals surface area contributed by atoms with Gasteiger partial charge < -0.3 is 5.11 Å². The van der Waals surface area contributed by atoms with Crippen molar-refractivity contribution in [2.75, 3.05) is 0 Å². The van der Waals surface area contributed by atoms with Crippen molar-refractivity contribution in [1.29, 1.82) is 0 Å². The summed E-state index contributed by atoms with van der Waals surface area (Å²) < 4.78 is 0.834. The Balaban J connectivity index is 1.70. The minimum atomic E-state index is -0.885. The first kappa shape index (κ1) is 13.6. The van der Waals surface area contributed by atoms with Crippen LogP contribution in [0.25, 0.3) is 0 Å². The maximum atomic E-state index is 11.0. The van der Waals surface area contributed by atoms with Crippen LogP contribution in [0.3, 0.4) is 0 Å². The van der Waals surface area contributed by atoms with Crippen LogP contribution >= 0.6 is 23.1 Å². The molecule has 3 nitrogen and oxygen atoms in total. The van der Waals surface area contributed by atoms with Gasteiger partial charge in [-0.25, -0.2) is 9.78 Å². The van der Waals surface area contributed by atoms with E-state index in [0.717, 1.165) is 10.1 Å². The van der Waals surface area contributed by atoms with Gasteiger partial charge in [-0.05, 0) is 42.9 Å². The Hall–Kier alpha value is -1.33. The number of carboxylic acid groups (broad SMARTS) is 1. The molecule has 1 heterocycles. The molecular formula is C15H15NO2S2. The fourth-order valence-electron chi connectivity index (χ4n) is 2.49. The topological polar surface area (TPSA) is 50.2 Å². The zero-order valence-corrected chi connectivity index (χ0v) is 12.8. The number of carbonyl (C=O) groups is 1. The molecule has 0 spiro atoms. The zero-order valence-electron chi connectivity index (χ0n) is 11.2. The summed E-state index contributed by atoms with van der Waals surface area (Å²) in [6.45, 7) is 1.75. The molecule has 104 valence electrons. The Kier molecular flexibility index (Phi) is 3.81. The number of hydrogen-bond acceptors (Lipinski definition) is 4. The molecule has 3 rings (SSSR count). The molecule has 1 aromatic carbocycles. The van der Waals surface area contributed by atoms with E-state index >= 15 is 0 Å². The lowest BCUT2D eigenvalue weighted by molar-refractivity contribution is 0.0701. The third-order valence-electron chi connectivity index (χ3n) is 3.50. The van der Waals surface area contributed by atoms with E-state index in [1.807, 2.05) is 0 Å². The molecule has 0 amide bonds. The number of rotatable bonds is 4. The van der Waals surface area contributed by atoms with Crippen LogP contribution in [0.4, 0.5) is 0 Å². The molecule has 0 saturated carbocycles. The average molecular weight is 305 g/mol. The normalized spacial score (nSPS) is 13.4. The molecule has 1 aliphatic carbocycles. The molecule has 0 atom stereocenters. The Morgan fingerprint density at radius 1 is 1.40 bits per heavy atom. The summed E-state index contributed by atoms with van der Waals surface area (Å²) >= 11 is 2.88. The highest BCUT2D eigenvalue weighted by atomic mass is 32.2. The Labute approximate surface area is 126 Å². The molecule has 1 N–H and O–H groups in total. The summed E-state index contributed by atoms with van der Waals surface area (Å²) in [5.41, 5.74) is 4.86. The summed E-state index contributed by atoms with van der Waals surface area (Å²) in [5.74, 6) is -0.0383. The fraction of sp³-hybridized carbons (Fsp3) is 0.333. The van der Waals surface area contributed by atoms with Crippen LogP contribution in [0.1, 0.15) is 38.5 Å². The summed E-state index contributed by atoms with van der Waals surface area (Å²) in [4.78, 5) is 15.7. The van der Waals surface area contributed by atoms with Crippen LogP contribution < -0.4 is 0 Å². The van der Waals surface area contributed by atoms with Gasteiger partial charge in [-0.3, -0.25) is 0 Å². The minimum Gasteiger partial charge on any atom is -0.477 e. The lowest BCUT2D eigenvalue weighted by Gasteiger charge is -2.03. The van der Waals surface area contributed by atoms with Crippen molar-refractivity contribution < 1.29 is 9.90 Å². The fourth-order valence-corrected chi connectivity index (χ4v) is 4.46. The summed E-state index contributed by atoms with van der Waals surface area (Å²) in [5, 5.41) is 9.03. The number of nitrogens with zero attached hydrogens (tertiary/aromatic N) is 1. The van der Waals surface area contributed by atoms with Crippen LogP contribution in [0.5, 0.6) is 0 Å². The first-order valence-electron chi connectivity index (χ1n) is 6.57. The van der Waals surface area contributed by atoms with Crippen molar-refractivity contribution in [2.45, 2.75) is 36.3 Å². The minimum absolute atomic E-state index is 0.349. The molecule has 20 heavy (non-hydrogen) atoms. The van der Waals surface area contributed by atoms with Gasteiger partial charge in [0, 0.05) is 5.75 Å². The number of benzene rings is 1. The molecule has 0 unspecified atom stereocenters. The maximum absolute atomic E-state index is 11.0. The number of hydrogen-bond donors (Lipinski definition) is 1. The lowest BCUT2D eigenvalue weighted by atomic mass is 10.1. The van der Waals surface area contributed by atoms with E-state index in [9.17, 15) is 4.79 Å². The van der Waals surface area contributed by atoms with Gasteiger partial charge in [-0.1, -0.05) is 30.0 Å². The smallest absolute Gasteiger partial charge is 0.347 e. The van der Waals surface area contributed by atoms with Crippen LogP contribution in [0, 0.1) is 6.92 Å². The second-order valence-corrected chi connectivity index (χ2v) is 7.17. The predicted octanol–water partition coefficient (Wildman–Crippen LogP) is 3.93. The van der Waals surface area contributed by atoms with Crippen LogP contribution in [0.15, 0.2) is 22.5 Å². The van der Waals surface area contributed by atoms with Gasteiger partial charge in [0.15, 0.2) is 4.34 Å². The van der Waals surface area contributed by atoms with Gasteiger partial charge in [0.1, 0.15) is 4.88 Å². The predicted molar refractivity (Wildman–Crippen MR) is 81.8 cm³/mol. The standard InChI is InChI=1S/C15H15NO2S2/c1-9-13(14(17)18)20-15(16-9)19-8-10-5-6-11-3-2-4-12(11)7-10/h5-7H,2-4,8H2,1H3,(H,17,18). The highest BCUT2D eigenvalue weighted by Gasteiger charge is 2.15. The number of thiazole rings is 1. The average Bonchev–Trinajstić information content (AvgIpc) is 3.01. The van der Waals surface area contributed by atoms with Gasteiger partial charge in [0.2, 0.25) is 0 Å². The number of fused-ring (bicyclic) bond motifs is 1. The number of aromatic carboxylic acids is 1. The van der Waals surface area contributed by atoms with Crippen molar-refractivity contribution in [2.24, 2.45) is 0 Å². The molecule has 0 fully saturated rings. The van der Waals surface area contributed by atoms with Crippen molar-refractivity contribution in [3.63, 3.8) is 0 Å². The SMILES string of the molecule is Cc1nc(SCc2ccc3c(c2)CCC3)sc1C(=O)O. The van der Waals surface area contributed by atoms with Crippen molar-refractivity contribution in [3.8, 4) is 0 Å². The molecule has 2 aromatic rings. The largest absolute Gasteiger partial charge is 0.477 e. The van der Waals surface area contributed by atoms with E-state index in [2.05, 4.69) is 23.2 Å². The van der Waals surface area contributed by atoms with E-state index in [1.165, 1.54) is 47.3 Å². The van der Waals surface area contributed by atoms with Crippen LogP contribution in [0.2, 0.25) is 0 Å². The van der Waals surface area contributed by atoms with Gasteiger partial charge >= 0.3 is 5.97 Å². The second-order valence-electron chi connectivity index (χ2n) is 4.94. The van der Waals surface area contributed by atoms with E-state index in [1.54, 1.807) is 18.7 Å². The third kappa shape index (κ3) is 2.74. The molecule has 1 aromatic heterocycles. The quantitative estimate of drug-likeness (QED) is 0.870. The van der Waals surface area contributed by atoms with Crippen molar-refractivity contribution in [3.05, 3.63) is 45.5 Å². The molecule has 1 aliphatic rings. The Morgan fingerprint density at radius 2 is 2.20 bits per heavy atom. The van der Waals surface area contributed by atoms with Gasteiger partial charge in [-0.2, -0.15) is 0 Å².